The van der Waals surface area contributed by atoms with E-state index < -0.39 is 5.97 Å². The number of aryl methyl sites for hydroxylation is 1. The average molecular weight is 527 g/mol. The second-order valence-electron chi connectivity index (χ2n) is 11.0. The summed E-state index contributed by atoms with van der Waals surface area (Å²) >= 11 is 0. The van der Waals surface area contributed by atoms with Gasteiger partial charge in [-0.2, -0.15) is 0 Å². The van der Waals surface area contributed by atoms with Crippen LogP contribution in [0.3, 0.4) is 0 Å². The lowest BCUT2D eigenvalue weighted by atomic mass is 9.77. The number of urea groups is 1. The van der Waals surface area contributed by atoms with E-state index in [2.05, 4.69) is 47.8 Å². The van der Waals surface area contributed by atoms with Crippen molar-refractivity contribution >= 4 is 17.7 Å². The molecule has 0 radical (unpaired) electrons. The van der Waals surface area contributed by atoms with Gasteiger partial charge in [0.05, 0.1) is 12.2 Å². The number of benzene rings is 3. The number of nitrogens with zero attached hydrogens (tertiary/aromatic N) is 1. The molecule has 1 fully saturated rings. The Morgan fingerprint density at radius 3 is 2.38 bits per heavy atom. The molecular formula is C33H38N2O4. The van der Waals surface area contributed by atoms with Crippen molar-refractivity contribution in [1.29, 1.82) is 0 Å². The third kappa shape index (κ3) is 6.80. The van der Waals surface area contributed by atoms with Crippen LogP contribution in [-0.4, -0.2) is 36.3 Å². The molecule has 5 rings (SSSR count). The molecule has 6 nitrogen and oxygen atoms in total. The molecule has 39 heavy (non-hydrogen) atoms. The van der Waals surface area contributed by atoms with E-state index in [1.54, 1.807) is 4.90 Å². The Balaban J connectivity index is 1.20. The predicted octanol–water partition coefficient (Wildman–Crippen LogP) is 7.03. The number of amides is 2. The number of hydrogen-bond donors (Lipinski definition) is 2. The van der Waals surface area contributed by atoms with E-state index in [0.717, 1.165) is 61.1 Å². The van der Waals surface area contributed by atoms with Crippen LogP contribution in [0, 0.1) is 5.92 Å². The van der Waals surface area contributed by atoms with Gasteiger partial charge in [0.25, 0.3) is 0 Å². The Morgan fingerprint density at radius 2 is 1.67 bits per heavy atom. The number of nitrogens with one attached hydrogen (secondary N) is 1. The zero-order valence-electron chi connectivity index (χ0n) is 22.6. The lowest BCUT2D eigenvalue weighted by Gasteiger charge is -2.33. The third-order valence-corrected chi connectivity index (χ3v) is 8.05. The van der Waals surface area contributed by atoms with Gasteiger partial charge in [0.15, 0.2) is 0 Å². The van der Waals surface area contributed by atoms with Crippen LogP contribution in [0.2, 0.25) is 0 Å². The highest BCUT2D eigenvalue weighted by Gasteiger charge is 2.28. The van der Waals surface area contributed by atoms with Gasteiger partial charge in [0.1, 0.15) is 11.9 Å². The summed E-state index contributed by atoms with van der Waals surface area (Å²) in [6, 6.07) is 25.0. The fraction of sp³-hybridized carbons (Fsp3) is 0.394. The molecule has 2 aliphatic rings. The molecule has 2 amide bonds. The monoisotopic (exact) mass is 526 g/mol. The molecule has 0 aromatic heterocycles. The maximum Gasteiger partial charge on any atom is 0.322 e. The number of fused-ring (bicyclic) bond motifs is 1. The molecule has 204 valence electrons. The quantitative estimate of drug-likeness (QED) is 0.309. The van der Waals surface area contributed by atoms with Crippen molar-refractivity contribution in [2.24, 2.45) is 5.92 Å². The van der Waals surface area contributed by atoms with Crippen LogP contribution in [-0.2, 0) is 11.2 Å². The van der Waals surface area contributed by atoms with Crippen molar-refractivity contribution in [2.45, 2.75) is 63.9 Å². The van der Waals surface area contributed by atoms with Gasteiger partial charge in [-0.1, -0.05) is 60.7 Å². The van der Waals surface area contributed by atoms with Crippen LogP contribution < -0.4 is 15.0 Å². The SMILES string of the molecule is CC1CN(C(=O)NCCCc2ccccc2)c2ccc(-c3ccc(C4CCC(CC(=O)O)CC4)cc3)cc2O1. The summed E-state index contributed by atoms with van der Waals surface area (Å²) in [6.45, 7) is 3.13. The number of carbonyl (C=O) groups is 2. The molecule has 2 N–H and O–H groups in total. The second-order valence-corrected chi connectivity index (χ2v) is 11.0. The summed E-state index contributed by atoms with van der Waals surface area (Å²) in [5, 5.41) is 12.1. The molecule has 1 heterocycles. The van der Waals surface area contributed by atoms with Gasteiger partial charge < -0.3 is 15.2 Å². The van der Waals surface area contributed by atoms with Crippen molar-refractivity contribution in [3.05, 3.63) is 83.9 Å². The molecule has 0 bridgehead atoms. The number of hydrogen-bond acceptors (Lipinski definition) is 3. The Hall–Kier alpha value is -3.80. The number of carbonyl (C=O) groups excluding carboxylic acids is 1. The van der Waals surface area contributed by atoms with E-state index >= 15 is 0 Å². The van der Waals surface area contributed by atoms with Gasteiger partial charge in [-0.05, 0) is 91.7 Å². The molecule has 0 saturated heterocycles. The minimum absolute atomic E-state index is 0.0883. The lowest BCUT2D eigenvalue weighted by Crippen LogP contribution is -2.47. The standard InChI is InChI=1S/C33H38N2O4/c1-23-22-35(33(38)34-19-5-8-24-6-3-2-4-7-24)30-18-17-29(21-31(30)39-23)28-15-13-27(14-16-28)26-11-9-25(10-12-26)20-32(36)37/h2-4,6-7,13-18,21,23,25-26H,5,8-12,19-20,22H2,1H3,(H,34,38)(H,36,37). The number of aliphatic carboxylic acids is 1. The molecular weight excluding hydrogens is 488 g/mol. The van der Waals surface area contributed by atoms with Crippen molar-refractivity contribution in [3.8, 4) is 16.9 Å². The number of ether oxygens (including phenoxy) is 1. The van der Waals surface area contributed by atoms with Crippen LogP contribution >= 0.6 is 0 Å². The highest BCUT2D eigenvalue weighted by atomic mass is 16.5. The van der Waals surface area contributed by atoms with Crippen LogP contribution in [0.1, 0.15) is 62.5 Å². The fourth-order valence-corrected chi connectivity index (χ4v) is 5.94. The summed E-state index contributed by atoms with van der Waals surface area (Å²) in [5.41, 5.74) is 5.57. The van der Waals surface area contributed by atoms with E-state index in [4.69, 9.17) is 9.84 Å². The van der Waals surface area contributed by atoms with Gasteiger partial charge in [0.2, 0.25) is 0 Å². The van der Waals surface area contributed by atoms with Gasteiger partial charge in [-0.25, -0.2) is 4.79 Å². The Labute approximate surface area is 231 Å². The van der Waals surface area contributed by atoms with Gasteiger partial charge >= 0.3 is 12.0 Å². The third-order valence-electron chi connectivity index (χ3n) is 8.05. The largest absolute Gasteiger partial charge is 0.487 e. The minimum atomic E-state index is -0.686. The van der Waals surface area contributed by atoms with Crippen molar-refractivity contribution < 1.29 is 19.4 Å². The van der Waals surface area contributed by atoms with Crippen molar-refractivity contribution in [2.75, 3.05) is 18.0 Å². The van der Waals surface area contributed by atoms with Gasteiger partial charge in [0, 0.05) is 13.0 Å². The van der Waals surface area contributed by atoms with E-state index in [9.17, 15) is 9.59 Å². The molecule has 0 spiro atoms. The average Bonchev–Trinajstić information content (AvgIpc) is 2.95. The number of carboxylic acid groups (broad SMARTS) is 1. The molecule has 3 aromatic rings. The molecule has 1 unspecified atom stereocenters. The zero-order chi connectivity index (χ0) is 27.2. The van der Waals surface area contributed by atoms with Crippen molar-refractivity contribution in [1.82, 2.24) is 5.32 Å². The van der Waals surface area contributed by atoms with Gasteiger partial charge in [-0.15, -0.1) is 0 Å². The topological polar surface area (TPSA) is 78.9 Å². The fourth-order valence-electron chi connectivity index (χ4n) is 5.94. The predicted molar refractivity (Wildman–Crippen MR) is 154 cm³/mol. The van der Waals surface area contributed by atoms with E-state index in [1.807, 2.05) is 37.3 Å². The number of anilines is 1. The molecule has 1 atom stereocenters. The zero-order valence-corrected chi connectivity index (χ0v) is 22.6. The van der Waals surface area contributed by atoms with E-state index in [-0.39, 0.29) is 18.6 Å². The Morgan fingerprint density at radius 1 is 0.949 bits per heavy atom. The summed E-state index contributed by atoms with van der Waals surface area (Å²) in [4.78, 5) is 25.9. The first kappa shape index (κ1) is 26.8. The molecule has 1 aliphatic carbocycles. The molecule has 1 saturated carbocycles. The minimum Gasteiger partial charge on any atom is -0.487 e. The summed E-state index contributed by atoms with van der Waals surface area (Å²) < 4.78 is 6.15. The maximum atomic E-state index is 13.1. The Kier molecular flexibility index (Phi) is 8.50. The van der Waals surface area contributed by atoms with Crippen LogP contribution in [0.4, 0.5) is 10.5 Å². The number of carboxylic acids is 1. The highest BCUT2D eigenvalue weighted by Crippen LogP contribution is 2.39. The highest BCUT2D eigenvalue weighted by molar-refractivity contribution is 5.94. The lowest BCUT2D eigenvalue weighted by molar-refractivity contribution is -0.138. The molecule has 3 aromatic carbocycles. The molecule has 6 heteroatoms. The van der Waals surface area contributed by atoms with E-state index in [0.29, 0.717) is 24.9 Å². The first-order valence-electron chi connectivity index (χ1n) is 14.2. The summed E-state index contributed by atoms with van der Waals surface area (Å²) in [6.07, 6.45) is 6.08. The van der Waals surface area contributed by atoms with E-state index in [1.165, 1.54) is 11.1 Å². The van der Waals surface area contributed by atoms with Crippen molar-refractivity contribution in [3.63, 3.8) is 0 Å². The van der Waals surface area contributed by atoms with Crippen LogP contribution in [0.5, 0.6) is 5.75 Å². The molecule has 1 aliphatic heterocycles. The first-order chi connectivity index (χ1) is 19.0. The first-order valence-corrected chi connectivity index (χ1v) is 14.2. The summed E-state index contributed by atoms with van der Waals surface area (Å²) in [7, 11) is 0. The maximum absolute atomic E-state index is 13.1. The Bertz CT molecular complexity index is 1270. The van der Waals surface area contributed by atoms with Gasteiger partial charge in [-0.3, -0.25) is 9.69 Å². The normalized spacial score (nSPS) is 20.5. The van der Waals surface area contributed by atoms with Crippen LogP contribution in [0.15, 0.2) is 72.8 Å². The smallest absolute Gasteiger partial charge is 0.322 e. The summed E-state index contributed by atoms with van der Waals surface area (Å²) in [5.74, 6) is 0.851. The number of rotatable bonds is 8. The van der Waals surface area contributed by atoms with Crippen LogP contribution in [0.25, 0.3) is 11.1 Å². The second kappa shape index (κ2) is 12.4.